The van der Waals surface area contributed by atoms with Gasteiger partial charge in [-0.15, -0.1) is 0 Å². The van der Waals surface area contributed by atoms with Crippen LogP contribution in [0, 0.1) is 6.92 Å². The van der Waals surface area contributed by atoms with Crippen molar-refractivity contribution in [3.05, 3.63) is 81.7 Å². The molecule has 0 saturated carbocycles. The van der Waals surface area contributed by atoms with E-state index in [1.165, 1.54) is 16.7 Å². The molecule has 7 nitrogen and oxygen atoms in total. The van der Waals surface area contributed by atoms with E-state index >= 15 is 0 Å². The number of ether oxygens (including phenoxy) is 3. The Balaban J connectivity index is 1.47. The predicted molar refractivity (Wildman–Crippen MR) is 157 cm³/mol. The van der Waals surface area contributed by atoms with E-state index in [0.29, 0.717) is 49.5 Å². The van der Waals surface area contributed by atoms with E-state index in [2.05, 4.69) is 5.32 Å². The first-order valence-corrected chi connectivity index (χ1v) is 13.3. The minimum Gasteiger partial charge on any atom is -0.497 e. The number of nitrogens with zero attached hydrogens (tertiary/aromatic N) is 1. The van der Waals surface area contributed by atoms with Crippen molar-refractivity contribution < 1.29 is 23.8 Å². The van der Waals surface area contributed by atoms with Crippen LogP contribution in [0.1, 0.15) is 18.1 Å². The molecule has 1 aliphatic rings. The van der Waals surface area contributed by atoms with Crippen LogP contribution in [-0.2, 0) is 9.59 Å². The SMILES string of the molecule is CCOc1cc(/C=C2\SC(=S)N(c3ccc(OC)cc3)C2=O)ccc1OCC(=O)Nc1cccc(Cl)c1C. The Kier molecular flexibility index (Phi) is 8.93. The smallest absolute Gasteiger partial charge is 0.270 e. The lowest BCUT2D eigenvalue weighted by Gasteiger charge is -2.15. The molecule has 3 aromatic carbocycles. The van der Waals surface area contributed by atoms with E-state index in [9.17, 15) is 9.59 Å². The molecule has 0 aromatic heterocycles. The van der Waals surface area contributed by atoms with Crippen LogP contribution in [0.2, 0.25) is 5.02 Å². The van der Waals surface area contributed by atoms with Crippen LogP contribution >= 0.6 is 35.6 Å². The Morgan fingerprint density at radius 3 is 2.58 bits per heavy atom. The van der Waals surface area contributed by atoms with E-state index in [0.717, 1.165) is 11.1 Å². The molecule has 0 spiro atoms. The normalized spacial score (nSPS) is 14.1. The highest BCUT2D eigenvalue weighted by molar-refractivity contribution is 8.27. The van der Waals surface area contributed by atoms with Gasteiger partial charge in [-0.3, -0.25) is 14.5 Å². The van der Waals surface area contributed by atoms with Crippen molar-refractivity contribution in [3.63, 3.8) is 0 Å². The van der Waals surface area contributed by atoms with Crippen molar-refractivity contribution in [3.8, 4) is 17.2 Å². The number of amides is 2. The van der Waals surface area contributed by atoms with Gasteiger partial charge in [-0.05, 0) is 79.6 Å². The van der Waals surface area contributed by atoms with Crippen molar-refractivity contribution >= 4 is 69.2 Å². The van der Waals surface area contributed by atoms with Gasteiger partial charge in [0.1, 0.15) is 5.75 Å². The maximum atomic E-state index is 13.1. The van der Waals surface area contributed by atoms with Gasteiger partial charge in [0.25, 0.3) is 11.8 Å². The molecule has 1 fully saturated rings. The fourth-order valence-corrected chi connectivity index (χ4v) is 5.12. The van der Waals surface area contributed by atoms with Crippen molar-refractivity contribution in [1.29, 1.82) is 0 Å². The molecule has 38 heavy (non-hydrogen) atoms. The number of hydrogen-bond donors (Lipinski definition) is 1. The molecule has 10 heteroatoms. The van der Waals surface area contributed by atoms with Crippen LogP contribution in [0.4, 0.5) is 11.4 Å². The van der Waals surface area contributed by atoms with E-state index in [1.807, 2.05) is 13.8 Å². The number of rotatable bonds is 9. The second-order valence-electron chi connectivity index (χ2n) is 8.10. The standard InChI is InChI=1S/C28H25ClN2O5S2/c1-4-35-24-14-18(8-13-23(24)36-16-26(32)30-22-7-5-6-21(29)17(22)2)15-25-27(33)31(28(37)38-25)19-9-11-20(34-3)12-10-19/h5-15H,4,16H2,1-3H3,(H,30,32)/b25-15-. The van der Waals surface area contributed by atoms with Crippen LogP contribution < -0.4 is 24.4 Å². The van der Waals surface area contributed by atoms with Crippen molar-refractivity contribution in [2.45, 2.75) is 13.8 Å². The molecule has 1 heterocycles. The summed E-state index contributed by atoms with van der Waals surface area (Å²) in [5.74, 6) is 1.02. The molecule has 0 atom stereocenters. The minimum atomic E-state index is -0.330. The number of nitrogens with one attached hydrogen (secondary N) is 1. The summed E-state index contributed by atoms with van der Waals surface area (Å²) in [6, 6.07) is 17.7. The average Bonchev–Trinajstić information content (AvgIpc) is 3.18. The first-order valence-electron chi connectivity index (χ1n) is 11.7. The van der Waals surface area contributed by atoms with E-state index in [-0.39, 0.29) is 18.4 Å². The molecule has 0 radical (unpaired) electrons. The van der Waals surface area contributed by atoms with Gasteiger partial charge in [0.05, 0.1) is 24.3 Å². The number of carbonyl (C=O) groups is 2. The maximum Gasteiger partial charge on any atom is 0.270 e. The Morgan fingerprint density at radius 1 is 1.11 bits per heavy atom. The summed E-state index contributed by atoms with van der Waals surface area (Å²) in [7, 11) is 1.58. The molecule has 1 N–H and O–H groups in total. The molecule has 3 aromatic rings. The number of anilines is 2. The van der Waals surface area contributed by atoms with E-state index in [1.54, 1.807) is 73.8 Å². The Hall–Kier alpha value is -3.53. The quantitative estimate of drug-likeness (QED) is 0.234. The summed E-state index contributed by atoms with van der Waals surface area (Å²) in [6.45, 7) is 3.86. The number of hydrogen-bond acceptors (Lipinski definition) is 7. The number of carbonyl (C=O) groups excluding carboxylic acids is 2. The lowest BCUT2D eigenvalue weighted by molar-refractivity contribution is -0.118. The Labute approximate surface area is 235 Å². The van der Waals surface area contributed by atoms with Crippen LogP contribution in [0.3, 0.4) is 0 Å². The molecule has 0 aliphatic carbocycles. The Bertz CT molecular complexity index is 1410. The molecule has 196 valence electrons. The van der Waals surface area contributed by atoms with Gasteiger partial charge in [0, 0.05) is 10.7 Å². The lowest BCUT2D eigenvalue weighted by atomic mass is 10.1. The fourth-order valence-electron chi connectivity index (χ4n) is 3.65. The van der Waals surface area contributed by atoms with Crippen LogP contribution in [0.25, 0.3) is 6.08 Å². The summed E-state index contributed by atoms with van der Waals surface area (Å²) in [4.78, 5) is 27.6. The molecular weight excluding hydrogens is 544 g/mol. The minimum absolute atomic E-state index is 0.212. The number of benzene rings is 3. The molecule has 0 unspecified atom stereocenters. The first kappa shape index (κ1) is 27.5. The highest BCUT2D eigenvalue weighted by atomic mass is 35.5. The highest BCUT2D eigenvalue weighted by Crippen LogP contribution is 2.37. The largest absolute Gasteiger partial charge is 0.497 e. The molecule has 0 bridgehead atoms. The maximum absolute atomic E-state index is 13.1. The summed E-state index contributed by atoms with van der Waals surface area (Å²) in [6.07, 6.45) is 1.75. The predicted octanol–water partition coefficient (Wildman–Crippen LogP) is 6.48. The van der Waals surface area contributed by atoms with Crippen LogP contribution in [0.5, 0.6) is 17.2 Å². The van der Waals surface area contributed by atoms with Crippen molar-refractivity contribution in [2.24, 2.45) is 0 Å². The third-order valence-electron chi connectivity index (χ3n) is 5.59. The summed E-state index contributed by atoms with van der Waals surface area (Å²) in [5, 5.41) is 3.37. The van der Waals surface area contributed by atoms with Gasteiger partial charge >= 0.3 is 0 Å². The van der Waals surface area contributed by atoms with Gasteiger partial charge in [0.15, 0.2) is 22.4 Å². The highest BCUT2D eigenvalue weighted by Gasteiger charge is 2.33. The molecule has 1 aliphatic heterocycles. The summed E-state index contributed by atoms with van der Waals surface area (Å²) in [5.41, 5.74) is 2.80. The van der Waals surface area contributed by atoms with Gasteiger partial charge < -0.3 is 19.5 Å². The average molecular weight is 569 g/mol. The van der Waals surface area contributed by atoms with Crippen LogP contribution in [-0.4, -0.2) is 36.5 Å². The zero-order valence-corrected chi connectivity index (χ0v) is 23.3. The molecule has 1 saturated heterocycles. The number of thioether (sulfide) groups is 1. The second kappa shape index (κ2) is 12.3. The van der Waals surface area contributed by atoms with Gasteiger partial charge in [-0.1, -0.05) is 47.7 Å². The van der Waals surface area contributed by atoms with Crippen molar-refractivity contribution in [1.82, 2.24) is 0 Å². The zero-order chi connectivity index (χ0) is 27.2. The fraction of sp³-hybridized carbons (Fsp3) is 0.179. The topological polar surface area (TPSA) is 77.1 Å². The van der Waals surface area contributed by atoms with Gasteiger partial charge in [0.2, 0.25) is 0 Å². The van der Waals surface area contributed by atoms with E-state index in [4.69, 9.17) is 38.0 Å². The number of methoxy groups -OCH3 is 1. The monoisotopic (exact) mass is 568 g/mol. The number of thiocarbonyl (C=S) groups is 1. The molecule has 4 rings (SSSR count). The molecular formula is C28H25ClN2O5S2. The zero-order valence-electron chi connectivity index (χ0n) is 20.9. The van der Waals surface area contributed by atoms with Gasteiger partial charge in [-0.2, -0.15) is 0 Å². The second-order valence-corrected chi connectivity index (χ2v) is 10.2. The van der Waals surface area contributed by atoms with E-state index < -0.39 is 0 Å². The Morgan fingerprint density at radius 2 is 1.87 bits per heavy atom. The summed E-state index contributed by atoms with van der Waals surface area (Å²) < 4.78 is 17.1. The van der Waals surface area contributed by atoms with Crippen molar-refractivity contribution in [2.75, 3.05) is 30.5 Å². The first-order chi connectivity index (χ1) is 18.3. The third-order valence-corrected chi connectivity index (χ3v) is 7.30. The van der Waals surface area contributed by atoms with Crippen LogP contribution in [0.15, 0.2) is 65.6 Å². The van der Waals surface area contributed by atoms with Gasteiger partial charge in [-0.25, -0.2) is 0 Å². The summed E-state index contributed by atoms with van der Waals surface area (Å²) >= 11 is 12.8. The number of halogens is 1. The molecule has 2 amide bonds. The third kappa shape index (κ3) is 6.30. The lowest BCUT2D eigenvalue weighted by Crippen LogP contribution is -2.27.